The largest absolute Gasteiger partial charge is 0.396 e. The van der Waals surface area contributed by atoms with Crippen molar-refractivity contribution < 1.29 is 81.0 Å². The van der Waals surface area contributed by atoms with Gasteiger partial charge >= 0.3 is 6.15 Å². The maximum Gasteiger partial charge on any atom is 0.373 e. The van der Waals surface area contributed by atoms with E-state index in [1.165, 1.54) is 28.7 Å². The Bertz CT molecular complexity index is 2890. The van der Waals surface area contributed by atoms with Crippen LogP contribution in [0.2, 0.25) is 0 Å². The number of hydrogen-bond donors (Lipinski definition) is 1. The molecule has 0 spiro atoms. The predicted molar refractivity (Wildman–Crippen MR) is 389 cm³/mol. The summed E-state index contributed by atoms with van der Waals surface area (Å²) in [6, 6.07) is 0. The lowest BCUT2D eigenvalue weighted by molar-refractivity contribution is -0.263. The molecule has 0 aromatic rings. The van der Waals surface area contributed by atoms with Crippen LogP contribution in [-0.2, 0) is 75.9 Å². The Morgan fingerprint density at radius 3 is 1.25 bits per heavy atom. The van der Waals surface area contributed by atoms with E-state index in [1.807, 2.05) is 12.2 Å². The zero-order valence-electron chi connectivity index (χ0n) is 64.2. The molecule has 16 saturated heterocycles. The quantitative estimate of drug-likeness (QED) is 0.0697. The van der Waals surface area contributed by atoms with Crippen LogP contribution in [-0.4, -0.2) is 176 Å². The van der Waals surface area contributed by atoms with Crippen LogP contribution in [0.15, 0.2) is 73.9 Å². The van der Waals surface area contributed by atoms with Gasteiger partial charge in [0.15, 0.2) is 11.6 Å². The van der Waals surface area contributed by atoms with E-state index in [0.717, 1.165) is 148 Å². The van der Waals surface area contributed by atoms with Crippen molar-refractivity contribution >= 4 is 6.15 Å². The SMILES string of the molecule is C=CC[C@@H]1O[C@H]2C3O[C@]4(CC[C@H]5CC(=C)C(CC[C@H]6C[C@@H](C)C(=C)[C@@H](CC7O[C@H](C[C@H](C)CC)[C@H](C)[C@H]7CC)O6)O5)C[C@H]3O[C@H]2C(O4)[C@H]1C.C=CC[C@@H]1O[C@H]2C3O[C@]4(CC[C@H]5CC(=C)C(CC[C@H]6C[C@@H](C)C(=C)[C@@H](CC7O[C@H](C[C@H](C)CC)[C@H](C)[C@H]7CCO)O6)O5)C[C@H]3O[C@H]2C(O4)[C@H]1C.O=C=O. The van der Waals surface area contributed by atoms with E-state index < -0.39 is 11.6 Å². The summed E-state index contributed by atoms with van der Waals surface area (Å²) in [6.07, 6.45) is 28.1. The van der Waals surface area contributed by atoms with Gasteiger partial charge < -0.3 is 71.4 Å². The lowest BCUT2D eigenvalue weighted by Crippen LogP contribution is -2.54. The Hall–Kier alpha value is -2.78. The third kappa shape index (κ3) is 16.7. The lowest BCUT2D eigenvalue weighted by atomic mass is 9.79. The van der Waals surface area contributed by atoms with Gasteiger partial charge in [0.1, 0.15) is 36.6 Å². The van der Waals surface area contributed by atoms with Crippen molar-refractivity contribution in [2.24, 2.45) is 59.2 Å². The molecule has 0 aliphatic carbocycles. The smallest absolute Gasteiger partial charge is 0.373 e. The molecule has 0 radical (unpaired) electrons. The van der Waals surface area contributed by atoms with Gasteiger partial charge in [0.25, 0.3) is 0 Å². The number of hydrogen-bond acceptors (Lipinski definition) is 17. The molecule has 0 aromatic heterocycles. The average Bonchev–Trinajstić information content (AvgIpc) is 1.56. The van der Waals surface area contributed by atoms with Crippen molar-refractivity contribution in [3.05, 3.63) is 73.9 Å². The number of carbonyl (C=O) groups excluding carboxylic acids is 2. The summed E-state index contributed by atoms with van der Waals surface area (Å²) in [5, 5.41) is 9.90. The molecule has 1 N–H and O–H groups in total. The van der Waals surface area contributed by atoms with E-state index in [4.69, 9.17) is 75.9 Å². The minimum Gasteiger partial charge on any atom is -0.396 e. The number of rotatable bonds is 29. The van der Waals surface area contributed by atoms with E-state index >= 15 is 0 Å². The molecule has 16 aliphatic rings. The van der Waals surface area contributed by atoms with Gasteiger partial charge in [0.05, 0.1) is 110 Å². The maximum absolute atomic E-state index is 9.90. The first kappa shape index (κ1) is 78.8. The number of ether oxygens (including phenoxy) is 14. The zero-order valence-corrected chi connectivity index (χ0v) is 64.2. The molecule has 17 heteroatoms. The van der Waals surface area contributed by atoms with Crippen LogP contribution in [0.4, 0.5) is 0 Å². The molecule has 16 aliphatic heterocycles. The average molecular weight is 1430 g/mol. The summed E-state index contributed by atoms with van der Waals surface area (Å²) >= 11 is 0. The first-order valence-corrected chi connectivity index (χ1v) is 40.8. The van der Waals surface area contributed by atoms with Gasteiger partial charge in [0, 0.05) is 57.0 Å². The molecule has 574 valence electrons. The van der Waals surface area contributed by atoms with Crippen LogP contribution in [0.1, 0.15) is 230 Å². The minimum atomic E-state index is -0.637. The Morgan fingerprint density at radius 2 is 0.853 bits per heavy atom. The molecule has 12 bridgehead atoms. The summed E-state index contributed by atoms with van der Waals surface area (Å²) in [6.45, 7) is 51.4. The van der Waals surface area contributed by atoms with Crippen LogP contribution >= 0.6 is 0 Å². The number of aliphatic hydroxyl groups excluding tert-OH is 1. The molecule has 0 aromatic carbocycles. The second kappa shape index (κ2) is 34.0. The fourth-order valence-corrected chi connectivity index (χ4v) is 21.2. The standard InChI is InChI=1S/C42H66O8.C42H66O7.CO2/c1-9-11-33-28(8)38-40-41(47-33)39-37(48-40)22-42(49-38,50-39)16-14-30-20-25(5)32(44-30)13-12-29-19-24(4)26(6)35(45-29)21-36-31(15-17-43)27(7)34(46-36)18-23(3)10-2;1-10-13-33-28(9)38-40-41(46-33)39-37(47-40)22-42(48-38,49-39)17-16-30-20-25(6)32(43-30)15-14-29-19-24(5)26(7)35(44-29)21-36-31(12-3)27(8)34(45-36)18-23(4)11-2;2-1-3/h9,23-24,27-41,43H,1,5-6,10-22H2,2-4,7-8H3;10,23-24,27-41H,1,6-7,11-22H2,2-5,8-9H3;/t2*23-,24-,27-,28+,29+,30+,31-,32?,33+,34-,35-,36?,37-,38?,39?,40+,41+,42-;/m11./s1. The summed E-state index contributed by atoms with van der Waals surface area (Å²) in [4.78, 5) is 16.2. The monoisotopic (exact) mass is 1420 g/mol. The third-order valence-corrected chi connectivity index (χ3v) is 27.9. The molecular formula is C85H132O17. The van der Waals surface area contributed by atoms with E-state index in [9.17, 15) is 5.11 Å². The molecular weight excluding hydrogens is 1290 g/mol. The Balaban J connectivity index is 0.000000186. The highest BCUT2D eigenvalue weighted by Gasteiger charge is 2.69. The summed E-state index contributed by atoms with van der Waals surface area (Å²) in [7, 11) is 0. The highest BCUT2D eigenvalue weighted by atomic mass is 16.8. The Kier molecular flexibility index (Phi) is 26.3. The summed E-state index contributed by atoms with van der Waals surface area (Å²) < 4.78 is 93.8. The highest BCUT2D eigenvalue weighted by molar-refractivity contribution is 5.20. The summed E-state index contributed by atoms with van der Waals surface area (Å²) in [5.74, 6) is 3.31. The van der Waals surface area contributed by atoms with Gasteiger partial charge in [-0.15, -0.1) is 13.2 Å². The van der Waals surface area contributed by atoms with E-state index in [0.29, 0.717) is 53.4 Å². The van der Waals surface area contributed by atoms with Gasteiger partial charge in [-0.2, -0.15) is 9.59 Å². The van der Waals surface area contributed by atoms with Crippen molar-refractivity contribution in [3.63, 3.8) is 0 Å². The van der Waals surface area contributed by atoms with Gasteiger partial charge in [-0.1, -0.05) is 134 Å². The zero-order chi connectivity index (χ0) is 72.6. The fourth-order valence-electron chi connectivity index (χ4n) is 21.2. The second-order valence-corrected chi connectivity index (χ2v) is 34.7. The van der Waals surface area contributed by atoms with E-state index in [-0.39, 0.29) is 165 Å². The van der Waals surface area contributed by atoms with Gasteiger partial charge in [0.2, 0.25) is 0 Å². The van der Waals surface area contributed by atoms with Crippen LogP contribution in [0.25, 0.3) is 0 Å². The van der Waals surface area contributed by atoms with Crippen LogP contribution < -0.4 is 0 Å². The van der Waals surface area contributed by atoms with Gasteiger partial charge in [-0.05, 0) is 166 Å². The molecule has 0 saturated carbocycles. The van der Waals surface area contributed by atoms with Crippen molar-refractivity contribution in [1.82, 2.24) is 0 Å². The fraction of sp³-hybridized carbons (Fsp3) is 0.847. The highest BCUT2D eigenvalue weighted by Crippen LogP contribution is 2.57. The van der Waals surface area contributed by atoms with Crippen LogP contribution in [0.5, 0.6) is 0 Å². The van der Waals surface area contributed by atoms with Crippen molar-refractivity contribution in [3.8, 4) is 0 Å². The van der Waals surface area contributed by atoms with Crippen molar-refractivity contribution in [1.29, 1.82) is 0 Å². The number of aliphatic hydroxyl groups is 1. The van der Waals surface area contributed by atoms with Crippen molar-refractivity contribution in [2.75, 3.05) is 6.61 Å². The molecule has 16 fully saturated rings. The molecule has 36 atom stereocenters. The minimum absolute atomic E-state index is 0.0196. The molecule has 16 rings (SSSR count). The lowest BCUT2D eigenvalue weighted by Gasteiger charge is -2.42. The van der Waals surface area contributed by atoms with Gasteiger partial charge in [-0.3, -0.25) is 0 Å². The first-order valence-electron chi connectivity index (χ1n) is 40.8. The summed E-state index contributed by atoms with van der Waals surface area (Å²) in [5.41, 5.74) is 4.83. The normalized spacial score (nSPS) is 47.8. The molecule has 8 unspecified atom stereocenters. The molecule has 0 amide bonds. The maximum atomic E-state index is 9.90. The Labute approximate surface area is 612 Å². The van der Waals surface area contributed by atoms with E-state index in [1.54, 1.807) is 0 Å². The topological polar surface area (TPSA) is 184 Å². The van der Waals surface area contributed by atoms with Gasteiger partial charge in [-0.25, -0.2) is 0 Å². The Morgan fingerprint density at radius 1 is 0.461 bits per heavy atom. The first-order chi connectivity index (χ1) is 49.0. The van der Waals surface area contributed by atoms with Crippen molar-refractivity contribution in [2.45, 2.75) is 388 Å². The predicted octanol–water partition coefficient (Wildman–Crippen LogP) is 15.4. The molecule has 102 heavy (non-hydrogen) atoms. The molecule has 16 heterocycles. The second-order valence-electron chi connectivity index (χ2n) is 34.7. The van der Waals surface area contributed by atoms with Crippen LogP contribution in [0.3, 0.4) is 0 Å². The third-order valence-electron chi connectivity index (χ3n) is 27.9. The van der Waals surface area contributed by atoms with Crippen LogP contribution in [0, 0.1) is 59.2 Å². The molecule has 17 nitrogen and oxygen atoms in total. The van der Waals surface area contributed by atoms with E-state index in [2.05, 4.69) is 116 Å².